The third kappa shape index (κ3) is 6.54. The lowest BCUT2D eigenvalue weighted by Gasteiger charge is -2.33. The van der Waals surface area contributed by atoms with Crippen molar-refractivity contribution < 1.29 is 4.79 Å². The molecule has 206 valence electrons. The van der Waals surface area contributed by atoms with Gasteiger partial charge in [-0.1, -0.05) is 25.5 Å². The van der Waals surface area contributed by atoms with E-state index in [4.69, 9.17) is 5.41 Å². The van der Waals surface area contributed by atoms with E-state index in [2.05, 4.69) is 61.3 Å². The van der Waals surface area contributed by atoms with E-state index in [1.54, 1.807) is 12.4 Å². The van der Waals surface area contributed by atoms with Gasteiger partial charge in [0.2, 0.25) is 0 Å². The van der Waals surface area contributed by atoms with Crippen molar-refractivity contribution in [3.8, 4) is 0 Å². The van der Waals surface area contributed by atoms with Crippen LogP contribution >= 0.6 is 0 Å². The SMILES string of the molecule is CC/C(=C\C(C=N)CN1CCCCC1)c1ccc2[nH]nc(C(=O)Nc3ccc(N4CCN(C)CC4)nc3)c2c1. The molecule has 2 aromatic heterocycles. The van der Waals surface area contributed by atoms with Crippen LogP contribution in [0, 0.1) is 11.3 Å². The molecule has 0 saturated carbocycles. The lowest BCUT2D eigenvalue weighted by molar-refractivity contribution is 0.102. The number of carbonyl (C=O) groups is 1. The zero-order valence-corrected chi connectivity index (χ0v) is 23.1. The highest BCUT2D eigenvalue weighted by Gasteiger charge is 2.19. The zero-order valence-electron chi connectivity index (χ0n) is 23.1. The molecule has 1 amide bonds. The number of nitrogens with one attached hydrogen (secondary N) is 3. The molecule has 0 aliphatic carbocycles. The first-order chi connectivity index (χ1) is 19.0. The van der Waals surface area contributed by atoms with Gasteiger partial charge < -0.3 is 25.4 Å². The van der Waals surface area contributed by atoms with Crippen LogP contribution in [0.15, 0.2) is 42.6 Å². The molecule has 2 saturated heterocycles. The fraction of sp³-hybridized carbons (Fsp3) is 0.467. The number of likely N-dealkylation sites (N-methyl/N-ethyl adjacent to an activating group) is 1. The van der Waals surface area contributed by atoms with Crippen molar-refractivity contribution in [3.63, 3.8) is 0 Å². The van der Waals surface area contributed by atoms with Crippen molar-refractivity contribution in [2.45, 2.75) is 32.6 Å². The molecule has 39 heavy (non-hydrogen) atoms. The van der Waals surface area contributed by atoms with Crippen LogP contribution in [-0.4, -0.2) is 90.0 Å². The number of carbonyl (C=O) groups excluding carboxylic acids is 1. The molecular formula is C30H40N8O. The van der Waals surface area contributed by atoms with E-state index >= 15 is 0 Å². The Morgan fingerprint density at radius 3 is 2.59 bits per heavy atom. The normalized spacial score (nSPS) is 18.3. The average Bonchev–Trinajstić information content (AvgIpc) is 3.40. The highest BCUT2D eigenvalue weighted by atomic mass is 16.1. The number of amides is 1. The van der Waals surface area contributed by atoms with E-state index in [-0.39, 0.29) is 11.8 Å². The molecule has 9 nitrogen and oxygen atoms in total. The molecule has 1 atom stereocenters. The monoisotopic (exact) mass is 528 g/mol. The summed E-state index contributed by atoms with van der Waals surface area (Å²) in [7, 11) is 2.13. The van der Waals surface area contributed by atoms with E-state index in [9.17, 15) is 4.79 Å². The molecule has 0 radical (unpaired) electrons. The maximum atomic E-state index is 13.2. The minimum Gasteiger partial charge on any atom is -0.354 e. The number of allylic oxidation sites excluding steroid dienone is 1. The number of pyridine rings is 1. The van der Waals surface area contributed by atoms with Gasteiger partial charge in [0.25, 0.3) is 5.91 Å². The first-order valence-electron chi connectivity index (χ1n) is 14.2. The average molecular weight is 529 g/mol. The molecule has 2 aliphatic rings. The topological polar surface area (TPSA) is 104 Å². The Kier molecular flexibility index (Phi) is 8.68. The molecule has 0 bridgehead atoms. The summed E-state index contributed by atoms with van der Waals surface area (Å²) in [5.74, 6) is 0.734. The van der Waals surface area contributed by atoms with Crippen molar-refractivity contribution in [2.24, 2.45) is 5.92 Å². The van der Waals surface area contributed by atoms with E-state index in [0.717, 1.165) is 74.5 Å². The van der Waals surface area contributed by atoms with Gasteiger partial charge in [-0.3, -0.25) is 9.89 Å². The van der Waals surface area contributed by atoms with Crippen molar-refractivity contribution in [1.29, 1.82) is 5.41 Å². The second kappa shape index (κ2) is 12.5. The van der Waals surface area contributed by atoms with Gasteiger partial charge in [0, 0.05) is 50.2 Å². The van der Waals surface area contributed by atoms with Gasteiger partial charge >= 0.3 is 0 Å². The van der Waals surface area contributed by atoms with Gasteiger partial charge in [-0.15, -0.1) is 0 Å². The fourth-order valence-corrected chi connectivity index (χ4v) is 5.53. The number of rotatable bonds is 9. The Hall–Kier alpha value is -3.56. The van der Waals surface area contributed by atoms with Crippen molar-refractivity contribution in [2.75, 3.05) is 63.1 Å². The summed E-state index contributed by atoms with van der Waals surface area (Å²) >= 11 is 0. The van der Waals surface area contributed by atoms with Gasteiger partial charge in [0.05, 0.1) is 17.4 Å². The van der Waals surface area contributed by atoms with Crippen LogP contribution in [0.4, 0.5) is 11.5 Å². The van der Waals surface area contributed by atoms with Crippen LogP contribution in [0.3, 0.4) is 0 Å². The lowest BCUT2D eigenvalue weighted by atomic mass is 9.96. The number of fused-ring (bicyclic) bond motifs is 1. The number of hydrogen-bond donors (Lipinski definition) is 3. The summed E-state index contributed by atoms with van der Waals surface area (Å²) < 4.78 is 0. The van der Waals surface area contributed by atoms with Gasteiger partial charge in [-0.25, -0.2) is 4.98 Å². The van der Waals surface area contributed by atoms with Crippen LogP contribution in [-0.2, 0) is 0 Å². The van der Waals surface area contributed by atoms with E-state index in [1.807, 2.05) is 24.3 Å². The van der Waals surface area contributed by atoms with Crippen LogP contribution in [0.25, 0.3) is 16.5 Å². The second-order valence-corrected chi connectivity index (χ2v) is 10.7. The Bertz CT molecular complexity index is 1300. The maximum absolute atomic E-state index is 13.2. The van der Waals surface area contributed by atoms with Crippen LogP contribution in [0.2, 0.25) is 0 Å². The number of anilines is 2. The van der Waals surface area contributed by atoms with Crippen LogP contribution < -0.4 is 10.2 Å². The standard InChI is InChI=1S/C30H40N8O/c1-3-23(17-22(19-31)21-37-11-5-4-6-12-37)24-7-9-27-26(18-24)29(35-34-27)30(39)33-25-8-10-28(32-20-25)38-15-13-36(2)14-16-38/h7-10,17-20,22,31H,3-6,11-16,21H2,1-2H3,(H,33,39)(H,34,35)/b23-17+,31-19?. The first kappa shape index (κ1) is 27.0. The largest absolute Gasteiger partial charge is 0.354 e. The predicted octanol–water partition coefficient (Wildman–Crippen LogP) is 4.51. The Labute approximate surface area is 230 Å². The Balaban J connectivity index is 1.30. The van der Waals surface area contributed by atoms with Crippen LogP contribution in [0.5, 0.6) is 0 Å². The zero-order chi connectivity index (χ0) is 27.2. The minimum atomic E-state index is -0.267. The molecule has 2 aliphatic heterocycles. The number of nitrogens with zero attached hydrogens (tertiary/aromatic N) is 5. The summed E-state index contributed by atoms with van der Waals surface area (Å²) in [4.78, 5) is 24.9. The molecule has 3 aromatic rings. The third-order valence-corrected chi connectivity index (χ3v) is 7.91. The van der Waals surface area contributed by atoms with Crippen molar-refractivity contribution in [1.82, 2.24) is 25.0 Å². The maximum Gasteiger partial charge on any atom is 0.276 e. The molecule has 3 N–H and O–H groups in total. The van der Waals surface area contributed by atoms with Crippen LogP contribution in [0.1, 0.15) is 48.7 Å². The summed E-state index contributed by atoms with van der Waals surface area (Å²) in [6.07, 6.45) is 10.1. The number of H-pyrrole nitrogens is 1. The van der Waals surface area contributed by atoms with E-state index in [1.165, 1.54) is 24.8 Å². The molecule has 5 rings (SSSR count). The number of benzene rings is 1. The van der Waals surface area contributed by atoms with Gasteiger partial charge in [-0.05, 0) is 74.8 Å². The molecular weight excluding hydrogens is 488 g/mol. The smallest absolute Gasteiger partial charge is 0.276 e. The molecule has 0 spiro atoms. The predicted molar refractivity (Wildman–Crippen MR) is 159 cm³/mol. The Morgan fingerprint density at radius 1 is 1.10 bits per heavy atom. The first-order valence-corrected chi connectivity index (χ1v) is 14.2. The number of aromatic nitrogens is 3. The summed E-state index contributed by atoms with van der Waals surface area (Å²) in [6, 6.07) is 9.95. The molecule has 2 fully saturated rings. The molecule has 9 heteroatoms. The number of likely N-dealkylation sites (tertiary alicyclic amines) is 1. The minimum absolute atomic E-state index is 0.0715. The highest BCUT2D eigenvalue weighted by Crippen LogP contribution is 2.27. The van der Waals surface area contributed by atoms with E-state index in [0.29, 0.717) is 11.4 Å². The van der Waals surface area contributed by atoms with Gasteiger partial charge in [0.15, 0.2) is 5.69 Å². The van der Waals surface area contributed by atoms with Gasteiger partial charge in [-0.2, -0.15) is 5.10 Å². The summed E-state index contributed by atoms with van der Waals surface area (Å²) in [5.41, 5.74) is 4.07. The Morgan fingerprint density at radius 2 is 1.90 bits per heavy atom. The summed E-state index contributed by atoms with van der Waals surface area (Å²) in [6.45, 7) is 9.19. The molecule has 1 unspecified atom stereocenters. The van der Waals surface area contributed by atoms with Gasteiger partial charge in [0.1, 0.15) is 5.82 Å². The number of piperazine rings is 1. The number of hydrogen-bond acceptors (Lipinski definition) is 7. The molecule has 1 aromatic carbocycles. The third-order valence-electron chi connectivity index (χ3n) is 7.91. The van der Waals surface area contributed by atoms with E-state index < -0.39 is 0 Å². The molecule has 4 heterocycles. The highest BCUT2D eigenvalue weighted by molar-refractivity contribution is 6.11. The summed E-state index contributed by atoms with van der Waals surface area (Å²) in [5, 5.41) is 19.1. The lowest BCUT2D eigenvalue weighted by Crippen LogP contribution is -2.44. The quantitative estimate of drug-likeness (QED) is 0.353. The van der Waals surface area contributed by atoms with Crippen molar-refractivity contribution in [3.05, 3.63) is 53.9 Å². The van der Waals surface area contributed by atoms with Crippen molar-refractivity contribution >= 4 is 40.1 Å². The second-order valence-electron chi connectivity index (χ2n) is 10.7. The fourth-order valence-electron chi connectivity index (χ4n) is 5.53. The number of piperidine rings is 1. The number of aromatic amines is 1.